The molecule has 1 aliphatic rings. The lowest BCUT2D eigenvalue weighted by Crippen LogP contribution is -2.24. The SMILES string of the molecule is COc1cc(-c2noc([C@@H]3CC(=O)N(c4ccc(C(C)C)cc4)C3)n2)cc(OC)c1OC. The van der Waals surface area contributed by atoms with Gasteiger partial charge in [-0.2, -0.15) is 4.98 Å². The maximum atomic E-state index is 12.7. The standard InChI is InChI=1S/C24H27N3O5/c1-14(2)15-6-8-18(9-7-15)27-13-17(12-21(27)28)24-25-23(26-32-24)16-10-19(29-3)22(31-5)20(11-16)30-4/h6-11,14,17H,12-13H2,1-5H3/t17-/m1/s1. The third kappa shape index (κ3) is 4.00. The summed E-state index contributed by atoms with van der Waals surface area (Å²) in [4.78, 5) is 19.0. The average Bonchev–Trinajstić information content (AvgIpc) is 3.45. The zero-order chi connectivity index (χ0) is 22.8. The van der Waals surface area contributed by atoms with Gasteiger partial charge in [-0.15, -0.1) is 0 Å². The normalized spacial score (nSPS) is 16.0. The zero-order valence-electron chi connectivity index (χ0n) is 18.9. The largest absolute Gasteiger partial charge is 0.493 e. The van der Waals surface area contributed by atoms with Gasteiger partial charge in [-0.25, -0.2) is 0 Å². The maximum Gasteiger partial charge on any atom is 0.232 e. The Morgan fingerprint density at radius 2 is 1.69 bits per heavy atom. The molecule has 0 spiro atoms. The van der Waals surface area contributed by atoms with Crippen LogP contribution >= 0.6 is 0 Å². The molecule has 2 heterocycles. The first-order valence-electron chi connectivity index (χ1n) is 10.5. The van der Waals surface area contributed by atoms with Gasteiger partial charge in [0.2, 0.25) is 23.4 Å². The number of methoxy groups -OCH3 is 3. The molecular formula is C24H27N3O5. The molecule has 1 fully saturated rings. The fraction of sp³-hybridized carbons (Fsp3) is 0.375. The van der Waals surface area contributed by atoms with E-state index in [1.54, 1.807) is 38.4 Å². The van der Waals surface area contributed by atoms with Gasteiger partial charge in [-0.3, -0.25) is 4.79 Å². The van der Waals surface area contributed by atoms with E-state index in [0.717, 1.165) is 5.69 Å². The van der Waals surface area contributed by atoms with Crippen LogP contribution in [0.4, 0.5) is 5.69 Å². The van der Waals surface area contributed by atoms with Crippen LogP contribution in [-0.2, 0) is 4.79 Å². The van der Waals surface area contributed by atoms with E-state index >= 15 is 0 Å². The molecule has 3 aromatic rings. The number of rotatable bonds is 7. The van der Waals surface area contributed by atoms with Crippen LogP contribution in [0.1, 0.15) is 43.6 Å². The molecule has 1 aromatic heterocycles. The van der Waals surface area contributed by atoms with Crippen molar-refractivity contribution in [2.75, 3.05) is 32.8 Å². The Hall–Kier alpha value is -3.55. The summed E-state index contributed by atoms with van der Waals surface area (Å²) < 4.78 is 21.7. The predicted octanol–water partition coefficient (Wildman–Crippen LogP) is 4.41. The van der Waals surface area contributed by atoms with Crippen LogP contribution in [0.3, 0.4) is 0 Å². The Balaban J connectivity index is 1.56. The second kappa shape index (κ2) is 8.90. The van der Waals surface area contributed by atoms with Crippen molar-refractivity contribution in [3.63, 3.8) is 0 Å². The molecule has 0 unspecified atom stereocenters. The van der Waals surface area contributed by atoms with Crippen molar-refractivity contribution in [3.05, 3.63) is 47.9 Å². The number of anilines is 1. The highest BCUT2D eigenvalue weighted by Crippen LogP contribution is 2.41. The van der Waals surface area contributed by atoms with E-state index < -0.39 is 0 Å². The van der Waals surface area contributed by atoms with Crippen molar-refractivity contribution in [2.24, 2.45) is 0 Å². The van der Waals surface area contributed by atoms with Crippen LogP contribution in [0.25, 0.3) is 11.4 Å². The highest BCUT2D eigenvalue weighted by atomic mass is 16.5. The topological polar surface area (TPSA) is 86.9 Å². The van der Waals surface area contributed by atoms with E-state index in [2.05, 4.69) is 36.1 Å². The Bertz CT molecular complexity index is 1080. The van der Waals surface area contributed by atoms with Gasteiger partial charge in [-0.1, -0.05) is 31.1 Å². The Morgan fingerprint density at radius 1 is 1.03 bits per heavy atom. The molecule has 168 valence electrons. The van der Waals surface area contributed by atoms with Gasteiger partial charge in [0.1, 0.15) is 0 Å². The highest BCUT2D eigenvalue weighted by molar-refractivity contribution is 5.96. The number of ether oxygens (including phenoxy) is 3. The van der Waals surface area contributed by atoms with Gasteiger partial charge in [0.25, 0.3) is 0 Å². The van der Waals surface area contributed by atoms with Crippen LogP contribution in [-0.4, -0.2) is 43.9 Å². The predicted molar refractivity (Wildman–Crippen MR) is 120 cm³/mol. The number of nitrogens with zero attached hydrogens (tertiary/aromatic N) is 3. The van der Waals surface area contributed by atoms with Gasteiger partial charge in [0.15, 0.2) is 11.5 Å². The Morgan fingerprint density at radius 3 is 2.25 bits per heavy atom. The van der Waals surface area contributed by atoms with Crippen molar-refractivity contribution in [1.82, 2.24) is 10.1 Å². The molecule has 4 rings (SSSR count). The van der Waals surface area contributed by atoms with Gasteiger partial charge in [0, 0.05) is 24.2 Å². The van der Waals surface area contributed by atoms with Crippen molar-refractivity contribution in [1.29, 1.82) is 0 Å². The summed E-state index contributed by atoms with van der Waals surface area (Å²) in [5.74, 6) is 2.63. The first-order chi connectivity index (χ1) is 15.4. The van der Waals surface area contributed by atoms with E-state index in [9.17, 15) is 4.79 Å². The second-order valence-electron chi connectivity index (χ2n) is 8.02. The molecule has 0 N–H and O–H groups in total. The minimum Gasteiger partial charge on any atom is -0.493 e. The van der Waals surface area contributed by atoms with Crippen LogP contribution in [0.2, 0.25) is 0 Å². The van der Waals surface area contributed by atoms with E-state index in [1.165, 1.54) is 5.56 Å². The van der Waals surface area contributed by atoms with Crippen LogP contribution in [0, 0.1) is 0 Å². The smallest absolute Gasteiger partial charge is 0.232 e. The van der Waals surface area contributed by atoms with Gasteiger partial charge in [0.05, 0.1) is 27.2 Å². The fourth-order valence-electron chi connectivity index (χ4n) is 3.89. The third-order valence-corrected chi connectivity index (χ3v) is 5.71. The maximum absolute atomic E-state index is 12.7. The number of carbonyl (C=O) groups excluding carboxylic acids is 1. The number of benzene rings is 2. The summed E-state index contributed by atoms with van der Waals surface area (Å²) in [5.41, 5.74) is 2.79. The number of hydrogen-bond acceptors (Lipinski definition) is 7. The first kappa shape index (κ1) is 21.7. The molecule has 32 heavy (non-hydrogen) atoms. The van der Waals surface area contributed by atoms with Crippen molar-refractivity contribution >= 4 is 11.6 Å². The molecule has 8 heteroatoms. The highest BCUT2D eigenvalue weighted by Gasteiger charge is 2.35. The van der Waals surface area contributed by atoms with Gasteiger partial charge < -0.3 is 23.6 Å². The lowest BCUT2D eigenvalue weighted by Gasteiger charge is -2.17. The summed E-state index contributed by atoms with van der Waals surface area (Å²) in [5, 5.41) is 4.12. The number of hydrogen-bond donors (Lipinski definition) is 0. The number of aromatic nitrogens is 2. The number of carbonyl (C=O) groups is 1. The summed E-state index contributed by atoms with van der Waals surface area (Å²) in [6.45, 7) is 4.79. The Kier molecular flexibility index (Phi) is 6.03. The molecule has 8 nitrogen and oxygen atoms in total. The van der Waals surface area contributed by atoms with Crippen LogP contribution < -0.4 is 19.1 Å². The number of amides is 1. The molecule has 0 saturated carbocycles. The molecule has 1 amide bonds. The van der Waals surface area contributed by atoms with E-state index in [1.807, 2.05) is 12.1 Å². The van der Waals surface area contributed by atoms with E-state index in [-0.39, 0.29) is 11.8 Å². The monoisotopic (exact) mass is 437 g/mol. The fourth-order valence-corrected chi connectivity index (χ4v) is 3.89. The first-order valence-corrected chi connectivity index (χ1v) is 10.5. The molecule has 0 bridgehead atoms. The van der Waals surface area contributed by atoms with E-state index in [0.29, 0.717) is 53.4 Å². The van der Waals surface area contributed by atoms with Gasteiger partial charge in [-0.05, 0) is 35.7 Å². The minimum atomic E-state index is -0.171. The van der Waals surface area contributed by atoms with Gasteiger partial charge >= 0.3 is 0 Å². The molecule has 0 radical (unpaired) electrons. The minimum absolute atomic E-state index is 0.0415. The Labute approximate surface area is 187 Å². The average molecular weight is 437 g/mol. The molecule has 0 aliphatic carbocycles. The van der Waals surface area contributed by atoms with Crippen molar-refractivity contribution < 1.29 is 23.5 Å². The zero-order valence-corrected chi connectivity index (χ0v) is 18.9. The summed E-state index contributed by atoms with van der Waals surface area (Å²) in [7, 11) is 4.65. The summed E-state index contributed by atoms with van der Waals surface area (Å²) in [6.07, 6.45) is 0.322. The second-order valence-corrected chi connectivity index (χ2v) is 8.02. The molecule has 2 aromatic carbocycles. The molecule has 1 atom stereocenters. The lowest BCUT2D eigenvalue weighted by atomic mass is 10.0. The molecule has 1 aliphatic heterocycles. The third-order valence-electron chi connectivity index (χ3n) is 5.71. The van der Waals surface area contributed by atoms with Crippen molar-refractivity contribution in [2.45, 2.75) is 32.1 Å². The summed E-state index contributed by atoms with van der Waals surface area (Å²) in [6, 6.07) is 11.6. The molecule has 1 saturated heterocycles. The summed E-state index contributed by atoms with van der Waals surface area (Å²) >= 11 is 0. The molecular weight excluding hydrogens is 410 g/mol. The quantitative estimate of drug-likeness (QED) is 0.541. The van der Waals surface area contributed by atoms with Crippen molar-refractivity contribution in [3.8, 4) is 28.6 Å². The lowest BCUT2D eigenvalue weighted by molar-refractivity contribution is -0.117. The van der Waals surface area contributed by atoms with E-state index in [4.69, 9.17) is 18.7 Å². The van der Waals surface area contributed by atoms with Crippen LogP contribution in [0.5, 0.6) is 17.2 Å². The van der Waals surface area contributed by atoms with Crippen LogP contribution in [0.15, 0.2) is 40.9 Å².